The van der Waals surface area contributed by atoms with E-state index in [-0.39, 0.29) is 12.1 Å². The van der Waals surface area contributed by atoms with Crippen molar-refractivity contribution < 1.29 is 9.53 Å². The molecule has 27 heavy (non-hydrogen) atoms. The van der Waals surface area contributed by atoms with Gasteiger partial charge >= 0.3 is 6.09 Å². The van der Waals surface area contributed by atoms with Gasteiger partial charge in [0, 0.05) is 11.2 Å². The summed E-state index contributed by atoms with van der Waals surface area (Å²) in [5.74, 6) is 0.567. The highest BCUT2D eigenvalue weighted by Crippen LogP contribution is 2.38. The number of carbonyl (C=O) groups excluding carboxylic acids is 1. The number of nitrogens with zero attached hydrogens (tertiary/aromatic N) is 1. The lowest BCUT2D eigenvalue weighted by molar-refractivity contribution is 0.159. The maximum atomic E-state index is 13.0. The summed E-state index contributed by atoms with van der Waals surface area (Å²) in [5, 5.41) is 2.03. The lowest BCUT2D eigenvalue weighted by Crippen LogP contribution is -2.44. The number of para-hydroxylation sites is 1. The van der Waals surface area contributed by atoms with Crippen LogP contribution in [-0.4, -0.2) is 25.1 Å². The Morgan fingerprint density at radius 2 is 1.74 bits per heavy atom. The lowest BCUT2D eigenvalue weighted by atomic mass is 10.1. The summed E-state index contributed by atoms with van der Waals surface area (Å²) in [6.45, 7) is 8.91. The number of amides is 1. The number of hydrogen-bond acceptors (Lipinski definition) is 2. The summed E-state index contributed by atoms with van der Waals surface area (Å²) >= 11 is 6.76. The van der Waals surface area contributed by atoms with E-state index < -0.39 is 8.07 Å². The molecule has 0 aliphatic carbocycles. The quantitative estimate of drug-likeness (QED) is 0.431. The molecular weight excluding hydrogens is 374 g/mol. The Balaban J connectivity index is 2.36. The van der Waals surface area contributed by atoms with Gasteiger partial charge in [-0.3, -0.25) is 4.90 Å². The van der Waals surface area contributed by atoms with Crippen LogP contribution in [0.3, 0.4) is 0 Å². The second-order valence-corrected chi connectivity index (χ2v) is 12.8. The van der Waals surface area contributed by atoms with Gasteiger partial charge in [0.25, 0.3) is 0 Å². The normalized spacial score (nSPS) is 17.4. The number of rotatable bonds is 8. The molecule has 1 aromatic carbocycles. The first-order valence-electron chi connectivity index (χ1n) is 10.2. The van der Waals surface area contributed by atoms with Gasteiger partial charge in [-0.1, -0.05) is 88.5 Å². The zero-order valence-corrected chi connectivity index (χ0v) is 18.8. The summed E-state index contributed by atoms with van der Waals surface area (Å²) in [6.07, 6.45) is 6.77. The summed E-state index contributed by atoms with van der Waals surface area (Å²) < 4.78 is 5.65. The zero-order valence-electron chi connectivity index (χ0n) is 17.0. The molecule has 1 heterocycles. The third-order valence-electron chi connectivity index (χ3n) is 5.84. The van der Waals surface area contributed by atoms with Crippen molar-refractivity contribution in [1.29, 1.82) is 0 Å². The monoisotopic (exact) mass is 405 g/mol. The fourth-order valence-corrected chi connectivity index (χ4v) is 8.25. The maximum absolute atomic E-state index is 13.0. The average molecular weight is 406 g/mol. The molecule has 0 fully saturated rings. The molecule has 0 N–H and O–H groups in total. The van der Waals surface area contributed by atoms with E-state index in [0.29, 0.717) is 5.75 Å². The number of hydrogen-bond donors (Lipinski definition) is 0. The lowest BCUT2D eigenvalue weighted by Gasteiger charge is -2.37. The van der Waals surface area contributed by atoms with Crippen molar-refractivity contribution >= 4 is 25.8 Å². The highest BCUT2D eigenvalue weighted by molar-refractivity contribution is 6.88. The predicted octanol–water partition coefficient (Wildman–Crippen LogP) is 7.11. The van der Waals surface area contributed by atoms with Gasteiger partial charge in [0.2, 0.25) is 0 Å². The third kappa shape index (κ3) is 5.05. The Morgan fingerprint density at radius 1 is 1.11 bits per heavy atom. The van der Waals surface area contributed by atoms with Crippen molar-refractivity contribution in [3.8, 4) is 5.75 Å². The molecule has 5 heteroatoms. The summed E-state index contributed by atoms with van der Waals surface area (Å²) in [4.78, 5) is 14.8. The number of unbranched alkanes of at least 4 members (excludes halogenated alkanes) is 1. The summed E-state index contributed by atoms with van der Waals surface area (Å²) in [7, 11) is -1.71. The topological polar surface area (TPSA) is 29.5 Å². The Bertz CT molecular complexity index is 675. The Morgan fingerprint density at radius 3 is 2.30 bits per heavy atom. The van der Waals surface area contributed by atoms with Gasteiger partial charge < -0.3 is 4.74 Å². The van der Waals surface area contributed by atoms with E-state index in [4.69, 9.17) is 16.3 Å². The van der Waals surface area contributed by atoms with Crippen LogP contribution in [0.1, 0.15) is 47.0 Å². The van der Waals surface area contributed by atoms with Crippen LogP contribution in [0.5, 0.6) is 5.75 Å². The largest absolute Gasteiger partial charge is 0.419 e. The van der Waals surface area contributed by atoms with E-state index in [1.807, 2.05) is 24.4 Å². The fraction of sp³-hybridized carbons (Fsp3) is 0.500. The van der Waals surface area contributed by atoms with Crippen LogP contribution in [0.4, 0.5) is 4.79 Å². The first kappa shape index (κ1) is 21.8. The molecule has 1 aliphatic heterocycles. The predicted molar refractivity (Wildman–Crippen MR) is 117 cm³/mol. The van der Waals surface area contributed by atoms with E-state index in [2.05, 4.69) is 33.8 Å². The second kappa shape index (κ2) is 10.1. The van der Waals surface area contributed by atoms with E-state index in [1.54, 1.807) is 17.0 Å². The van der Waals surface area contributed by atoms with Crippen LogP contribution in [-0.2, 0) is 0 Å². The van der Waals surface area contributed by atoms with E-state index in [9.17, 15) is 4.79 Å². The molecule has 0 spiro atoms. The zero-order chi connectivity index (χ0) is 19.9. The molecule has 0 aromatic heterocycles. The minimum atomic E-state index is -1.71. The fourth-order valence-electron chi connectivity index (χ4n) is 3.81. The molecule has 1 aliphatic rings. The Hall–Kier alpha value is -1.52. The molecule has 1 aromatic rings. The maximum Gasteiger partial charge on any atom is 0.419 e. The Kier molecular flexibility index (Phi) is 8.18. The average Bonchev–Trinajstić information content (AvgIpc) is 2.69. The molecule has 0 saturated heterocycles. The van der Waals surface area contributed by atoms with Crippen molar-refractivity contribution in [2.45, 2.75) is 71.1 Å². The van der Waals surface area contributed by atoms with E-state index >= 15 is 0 Å². The number of carbonyl (C=O) groups is 1. The highest BCUT2D eigenvalue weighted by atomic mass is 35.5. The van der Waals surface area contributed by atoms with Crippen LogP contribution < -0.4 is 4.74 Å². The smallest absolute Gasteiger partial charge is 0.410 e. The van der Waals surface area contributed by atoms with Crippen molar-refractivity contribution in [3.05, 3.63) is 52.8 Å². The first-order chi connectivity index (χ1) is 13.0. The van der Waals surface area contributed by atoms with E-state index in [0.717, 1.165) is 42.4 Å². The van der Waals surface area contributed by atoms with Gasteiger partial charge in [0.1, 0.15) is 5.75 Å². The number of allylic oxidation sites excluding steroid dienone is 2. The molecule has 1 unspecified atom stereocenters. The molecule has 0 saturated carbocycles. The van der Waals surface area contributed by atoms with Gasteiger partial charge in [-0.15, -0.1) is 0 Å². The molecule has 2 rings (SSSR count). The van der Waals surface area contributed by atoms with Gasteiger partial charge in [-0.05, 0) is 29.8 Å². The third-order valence-corrected chi connectivity index (χ3v) is 11.9. The Labute approximate surface area is 170 Å². The molecule has 3 nitrogen and oxygen atoms in total. The number of benzene rings is 1. The van der Waals surface area contributed by atoms with Crippen molar-refractivity contribution in [2.24, 2.45) is 0 Å². The molecule has 0 radical (unpaired) electrons. The number of ether oxygens (including phenoxy) is 1. The van der Waals surface area contributed by atoms with Crippen LogP contribution in [0, 0.1) is 0 Å². The first-order valence-corrected chi connectivity index (χ1v) is 13.2. The van der Waals surface area contributed by atoms with E-state index in [1.165, 1.54) is 5.20 Å². The SMILES string of the molecule is CCCCC1C=C(Cl)C([Si](CC)(CC)CC)=CN1C(=O)Oc1ccccc1. The van der Waals surface area contributed by atoms with Crippen LogP contribution in [0.25, 0.3) is 0 Å². The van der Waals surface area contributed by atoms with Crippen molar-refractivity contribution in [3.63, 3.8) is 0 Å². The molecule has 1 atom stereocenters. The second-order valence-electron chi connectivity index (χ2n) is 7.20. The van der Waals surface area contributed by atoms with Gasteiger partial charge in [0.15, 0.2) is 0 Å². The van der Waals surface area contributed by atoms with Gasteiger partial charge in [0.05, 0.1) is 14.1 Å². The van der Waals surface area contributed by atoms with Crippen molar-refractivity contribution in [1.82, 2.24) is 4.90 Å². The van der Waals surface area contributed by atoms with Crippen LogP contribution in [0.15, 0.2) is 52.8 Å². The van der Waals surface area contributed by atoms with Gasteiger partial charge in [-0.25, -0.2) is 4.79 Å². The minimum Gasteiger partial charge on any atom is -0.410 e. The van der Waals surface area contributed by atoms with Gasteiger partial charge in [-0.2, -0.15) is 0 Å². The number of halogens is 1. The molecule has 1 amide bonds. The van der Waals surface area contributed by atoms with Crippen LogP contribution >= 0.6 is 11.6 Å². The summed E-state index contributed by atoms with van der Waals surface area (Å²) in [6, 6.07) is 12.6. The van der Waals surface area contributed by atoms with Crippen molar-refractivity contribution in [2.75, 3.05) is 0 Å². The highest BCUT2D eigenvalue weighted by Gasteiger charge is 2.38. The molecular formula is C22H32ClNO2Si. The minimum absolute atomic E-state index is 0.0466. The summed E-state index contributed by atoms with van der Waals surface area (Å²) in [5.41, 5.74) is 0. The standard InChI is InChI=1S/C22H32ClNO2Si/c1-5-9-13-18-16-20(23)21(27(6-2,7-3)8-4)17-24(18)22(25)26-19-14-11-10-12-15-19/h10-12,14-18H,5-9,13H2,1-4H3. The molecule has 0 bridgehead atoms. The van der Waals surface area contributed by atoms with Crippen LogP contribution in [0.2, 0.25) is 18.1 Å². The molecule has 148 valence electrons.